The van der Waals surface area contributed by atoms with E-state index in [0.29, 0.717) is 45.9 Å². The van der Waals surface area contributed by atoms with E-state index in [-0.39, 0.29) is 32.0 Å². The standard InChI is InChI=1S/C26H31Cl4N3O4/c27-20-7-5-18(22(29)14-20)9-12-32(24(34)4-2-1-3-11-31)16-25(35)33(17-26(36)37)13-10-19-6-8-21(28)15-23(19)30/h5-8,14-15H,1-4,9-13,16-17,31H2,(H,36,37). The first-order chi connectivity index (χ1) is 17.6. The number of rotatable bonds is 15. The van der Waals surface area contributed by atoms with Crippen molar-refractivity contribution in [3.05, 3.63) is 67.6 Å². The highest BCUT2D eigenvalue weighted by atomic mass is 35.5. The van der Waals surface area contributed by atoms with Crippen molar-refractivity contribution >= 4 is 64.2 Å². The van der Waals surface area contributed by atoms with Crippen molar-refractivity contribution in [1.29, 1.82) is 0 Å². The van der Waals surface area contributed by atoms with Crippen LogP contribution in [0.1, 0.15) is 36.8 Å². The Morgan fingerprint density at radius 2 is 1.24 bits per heavy atom. The maximum absolute atomic E-state index is 13.2. The average Bonchev–Trinajstić information content (AvgIpc) is 2.83. The molecule has 2 amide bonds. The summed E-state index contributed by atoms with van der Waals surface area (Å²) in [5, 5.41) is 11.3. The molecule has 0 atom stereocenters. The van der Waals surface area contributed by atoms with Crippen LogP contribution < -0.4 is 5.73 Å². The molecule has 0 saturated carbocycles. The van der Waals surface area contributed by atoms with E-state index < -0.39 is 18.4 Å². The van der Waals surface area contributed by atoms with Gasteiger partial charge in [0.15, 0.2) is 0 Å². The zero-order valence-electron chi connectivity index (χ0n) is 20.4. The van der Waals surface area contributed by atoms with Gasteiger partial charge in [-0.1, -0.05) is 65.0 Å². The summed E-state index contributed by atoms with van der Waals surface area (Å²) < 4.78 is 0. The van der Waals surface area contributed by atoms with E-state index in [0.717, 1.165) is 24.0 Å². The van der Waals surface area contributed by atoms with Gasteiger partial charge in [0.2, 0.25) is 11.8 Å². The van der Waals surface area contributed by atoms with Gasteiger partial charge in [0.1, 0.15) is 6.54 Å². The zero-order chi connectivity index (χ0) is 27.4. The molecule has 11 heteroatoms. The van der Waals surface area contributed by atoms with Crippen LogP contribution in [-0.2, 0) is 27.2 Å². The summed E-state index contributed by atoms with van der Waals surface area (Å²) in [5.41, 5.74) is 7.06. The lowest BCUT2D eigenvalue weighted by Crippen LogP contribution is -2.46. The summed E-state index contributed by atoms with van der Waals surface area (Å²) in [5.74, 6) is -1.81. The molecule has 37 heavy (non-hydrogen) atoms. The maximum Gasteiger partial charge on any atom is 0.323 e. The van der Waals surface area contributed by atoms with Gasteiger partial charge in [-0.25, -0.2) is 0 Å². The molecule has 2 aromatic rings. The first kappa shape index (κ1) is 31.2. The van der Waals surface area contributed by atoms with Crippen LogP contribution in [0.3, 0.4) is 0 Å². The third-order valence-electron chi connectivity index (χ3n) is 5.78. The molecule has 0 aliphatic heterocycles. The third-order valence-corrected chi connectivity index (χ3v) is 6.96. The lowest BCUT2D eigenvalue weighted by atomic mass is 10.1. The fourth-order valence-electron chi connectivity index (χ4n) is 3.73. The summed E-state index contributed by atoms with van der Waals surface area (Å²) >= 11 is 24.4. The van der Waals surface area contributed by atoms with E-state index in [9.17, 15) is 19.5 Å². The van der Waals surface area contributed by atoms with Gasteiger partial charge < -0.3 is 20.6 Å². The number of halogens is 4. The molecule has 0 heterocycles. The van der Waals surface area contributed by atoms with E-state index in [2.05, 4.69) is 0 Å². The predicted octanol–water partition coefficient (Wildman–Crippen LogP) is 5.35. The first-order valence-corrected chi connectivity index (χ1v) is 13.5. The van der Waals surface area contributed by atoms with E-state index in [4.69, 9.17) is 52.1 Å². The average molecular weight is 591 g/mol. The summed E-state index contributed by atoms with van der Waals surface area (Å²) in [4.78, 5) is 40.4. The molecule has 0 aliphatic rings. The molecule has 0 aliphatic carbocycles. The van der Waals surface area contributed by atoms with Gasteiger partial charge in [-0.05, 0) is 67.6 Å². The minimum absolute atomic E-state index is 0.119. The number of amides is 2. The summed E-state index contributed by atoms with van der Waals surface area (Å²) in [6, 6.07) is 10.1. The highest BCUT2D eigenvalue weighted by Crippen LogP contribution is 2.23. The van der Waals surface area contributed by atoms with Crippen LogP contribution in [0.5, 0.6) is 0 Å². The van der Waals surface area contributed by atoms with Gasteiger partial charge >= 0.3 is 5.97 Å². The number of benzene rings is 2. The molecule has 0 bridgehead atoms. The molecule has 2 rings (SSSR count). The van der Waals surface area contributed by atoms with Gasteiger partial charge in [0, 0.05) is 39.6 Å². The molecule has 0 unspecified atom stereocenters. The smallest absolute Gasteiger partial charge is 0.323 e. The van der Waals surface area contributed by atoms with Gasteiger partial charge in [-0.2, -0.15) is 0 Å². The number of carbonyl (C=O) groups is 3. The highest BCUT2D eigenvalue weighted by molar-refractivity contribution is 6.35. The Morgan fingerprint density at radius 1 is 0.730 bits per heavy atom. The van der Waals surface area contributed by atoms with Gasteiger partial charge in [0.25, 0.3) is 0 Å². The topological polar surface area (TPSA) is 104 Å². The van der Waals surface area contributed by atoms with Crippen LogP contribution in [-0.4, -0.2) is 65.4 Å². The van der Waals surface area contributed by atoms with Crippen molar-refractivity contribution in [2.45, 2.75) is 38.5 Å². The van der Waals surface area contributed by atoms with E-state index in [1.165, 1.54) is 9.80 Å². The molecule has 3 N–H and O–H groups in total. The Bertz CT molecular complexity index is 1080. The molecular formula is C26H31Cl4N3O4. The third kappa shape index (κ3) is 11.1. The monoisotopic (exact) mass is 589 g/mol. The highest BCUT2D eigenvalue weighted by Gasteiger charge is 2.23. The fraction of sp³-hybridized carbons (Fsp3) is 0.423. The van der Waals surface area contributed by atoms with E-state index in [1.54, 1.807) is 36.4 Å². The summed E-state index contributed by atoms with van der Waals surface area (Å²) in [7, 11) is 0. The Kier molecular flexibility index (Phi) is 13.5. The van der Waals surface area contributed by atoms with Gasteiger partial charge in [-0.3, -0.25) is 14.4 Å². The number of carbonyl (C=O) groups excluding carboxylic acids is 2. The number of carboxylic acids is 1. The Hall–Kier alpha value is -2.03. The Balaban J connectivity index is 2.13. The van der Waals surface area contributed by atoms with Crippen molar-refractivity contribution < 1.29 is 19.5 Å². The quantitative estimate of drug-likeness (QED) is 0.272. The van der Waals surface area contributed by atoms with Crippen molar-refractivity contribution in [2.75, 3.05) is 32.7 Å². The zero-order valence-corrected chi connectivity index (χ0v) is 23.4. The minimum atomic E-state index is -1.15. The van der Waals surface area contributed by atoms with Crippen molar-refractivity contribution in [3.8, 4) is 0 Å². The largest absolute Gasteiger partial charge is 0.480 e. The molecule has 0 saturated heterocycles. The van der Waals surface area contributed by atoms with Crippen LogP contribution >= 0.6 is 46.4 Å². The molecule has 0 aromatic heterocycles. The Morgan fingerprint density at radius 3 is 1.70 bits per heavy atom. The number of nitrogens with zero attached hydrogens (tertiary/aromatic N) is 2. The van der Waals surface area contributed by atoms with Crippen molar-refractivity contribution in [2.24, 2.45) is 5.73 Å². The number of hydrogen-bond donors (Lipinski definition) is 2. The van der Waals surface area contributed by atoms with E-state index >= 15 is 0 Å². The summed E-state index contributed by atoms with van der Waals surface area (Å²) in [6.07, 6.45) is 3.28. The molecular weight excluding hydrogens is 560 g/mol. The molecule has 2 aromatic carbocycles. The molecule has 202 valence electrons. The first-order valence-electron chi connectivity index (χ1n) is 12.0. The van der Waals surface area contributed by atoms with Crippen LogP contribution in [0.25, 0.3) is 0 Å². The summed E-state index contributed by atoms with van der Waals surface area (Å²) in [6.45, 7) is 0.169. The maximum atomic E-state index is 13.2. The second-order valence-electron chi connectivity index (χ2n) is 8.60. The Labute approximate surface area is 237 Å². The lowest BCUT2D eigenvalue weighted by molar-refractivity contribution is -0.146. The van der Waals surface area contributed by atoms with Crippen LogP contribution in [0.2, 0.25) is 20.1 Å². The molecule has 0 spiro atoms. The molecule has 7 nitrogen and oxygen atoms in total. The lowest BCUT2D eigenvalue weighted by Gasteiger charge is -2.27. The number of aliphatic carboxylic acids is 1. The van der Waals surface area contributed by atoms with Gasteiger partial charge in [-0.15, -0.1) is 0 Å². The van der Waals surface area contributed by atoms with Crippen molar-refractivity contribution in [1.82, 2.24) is 9.80 Å². The number of unbranched alkanes of at least 4 members (excludes halogenated alkanes) is 2. The minimum Gasteiger partial charge on any atom is -0.480 e. The normalized spacial score (nSPS) is 10.8. The second-order valence-corrected chi connectivity index (χ2v) is 10.3. The SMILES string of the molecule is NCCCCCC(=O)N(CCc1ccc(Cl)cc1Cl)CC(=O)N(CCc1ccc(Cl)cc1Cl)CC(=O)O. The van der Waals surface area contributed by atoms with Crippen molar-refractivity contribution in [3.63, 3.8) is 0 Å². The molecule has 0 radical (unpaired) electrons. The van der Waals surface area contributed by atoms with Gasteiger partial charge in [0.05, 0.1) is 6.54 Å². The van der Waals surface area contributed by atoms with Crippen LogP contribution in [0.4, 0.5) is 0 Å². The van der Waals surface area contributed by atoms with E-state index in [1.807, 2.05) is 0 Å². The van der Waals surface area contributed by atoms with Crippen LogP contribution in [0, 0.1) is 0 Å². The predicted molar refractivity (Wildman–Crippen MR) is 149 cm³/mol. The number of carboxylic acid groups (broad SMARTS) is 1. The fourth-order valence-corrected chi connectivity index (χ4v) is 4.73. The second kappa shape index (κ2) is 16.0. The molecule has 0 fully saturated rings. The van der Waals surface area contributed by atoms with Crippen LogP contribution in [0.15, 0.2) is 36.4 Å². The number of hydrogen-bond acceptors (Lipinski definition) is 4. The number of nitrogens with two attached hydrogens (primary N) is 1.